The summed E-state index contributed by atoms with van der Waals surface area (Å²) < 4.78 is 0. The van der Waals surface area contributed by atoms with E-state index in [2.05, 4.69) is 32.3 Å². The number of carbonyl (C=O) groups is 1. The van der Waals surface area contributed by atoms with Gasteiger partial charge in [0.25, 0.3) is 0 Å². The van der Waals surface area contributed by atoms with Gasteiger partial charge in [0.2, 0.25) is 5.91 Å². The van der Waals surface area contributed by atoms with Crippen LogP contribution in [-0.2, 0) is 11.2 Å². The molecule has 1 atom stereocenters. The molecule has 134 valence electrons. The van der Waals surface area contributed by atoms with Crippen LogP contribution in [0.4, 0.5) is 0 Å². The summed E-state index contributed by atoms with van der Waals surface area (Å²) in [6, 6.07) is 12.2. The molecular formula is C19H26N4OS. The fraction of sp³-hybridized carbons (Fsp3) is 0.421. The highest BCUT2D eigenvalue weighted by molar-refractivity contribution is 7.99. The molecule has 25 heavy (non-hydrogen) atoms. The van der Waals surface area contributed by atoms with Gasteiger partial charge in [-0.3, -0.25) is 4.79 Å². The molecule has 0 bridgehead atoms. The molecule has 0 saturated carbocycles. The summed E-state index contributed by atoms with van der Waals surface area (Å²) in [7, 11) is 4.03. The second-order valence-electron chi connectivity index (χ2n) is 6.44. The summed E-state index contributed by atoms with van der Waals surface area (Å²) in [5, 5.41) is 3.79. The molecule has 1 amide bonds. The third-order valence-electron chi connectivity index (χ3n) is 3.57. The predicted molar refractivity (Wildman–Crippen MR) is 103 cm³/mol. The Morgan fingerprint density at radius 1 is 1.16 bits per heavy atom. The van der Waals surface area contributed by atoms with Gasteiger partial charge < -0.3 is 10.2 Å². The van der Waals surface area contributed by atoms with E-state index in [-0.39, 0.29) is 11.9 Å². The van der Waals surface area contributed by atoms with Gasteiger partial charge in [-0.05, 0) is 46.0 Å². The summed E-state index contributed by atoms with van der Waals surface area (Å²) >= 11 is 1.38. The van der Waals surface area contributed by atoms with E-state index in [9.17, 15) is 4.79 Å². The van der Waals surface area contributed by atoms with Gasteiger partial charge in [0.15, 0.2) is 5.16 Å². The fourth-order valence-electron chi connectivity index (χ4n) is 2.66. The number of nitrogens with one attached hydrogen (secondary N) is 1. The van der Waals surface area contributed by atoms with Gasteiger partial charge in [-0.15, -0.1) is 0 Å². The molecule has 1 heterocycles. The molecule has 0 spiro atoms. The van der Waals surface area contributed by atoms with Crippen molar-refractivity contribution in [1.82, 2.24) is 20.2 Å². The van der Waals surface area contributed by atoms with E-state index in [1.165, 1.54) is 17.3 Å². The minimum absolute atomic E-state index is 0.00976. The zero-order chi connectivity index (χ0) is 18.2. The van der Waals surface area contributed by atoms with Crippen molar-refractivity contribution in [2.75, 3.05) is 26.4 Å². The molecular weight excluding hydrogens is 332 g/mol. The number of aromatic nitrogens is 2. The summed E-state index contributed by atoms with van der Waals surface area (Å²) in [6.45, 7) is 4.67. The van der Waals surface area contributed by atoms with Crippen molar-refractivity contribution in [1.29, 1.82) is 0 Å². The molecule has 0 aliphatic carbocycles. The lowest BCUT2D eigenvalue weighted by molar-refractivity contribution is -0.119. The van der Waals surface area contributed by atoms with E-state index >= 15 is 0 Å². The van der Waals surface area contributed by atoms with Crippen molar-refractivity contribution >= 4 is 17.7 Å². The van der Waals surface area contributed by atoms with Crippen LogP contribution in [0.2, 0.25) is 0 Å². The second kappa shape index (κ2) is 9.53. The minimum Gasteiger partial charge on any atom is -0.351 e. The summed E-state index contributed by atoms with van der Waals surface area (Å²) in [6.07, 6.45) is 0.815. The number of hydrogen-bond acceptors (Lipinski definition) is 5. The molecule has 5 nitrogen and oxygen atoms in total. The Balaban J connectivity index is 1.91. The number of rotatable bonds is 8. The van der Waals surface area contributed by atoms with Crippen molar-refractivity contribution in [3.8, 4) is 0 Å². The maximum atomic E-state index is 12.4. The first-order chi connectivity index (χ1) is 11.9. The van der Waals surface area contributed by atoms with Crippen LogP contribution in [0.3, 0.4) is 0 Å². The van der Waals surface area contributed by atoms with Crippen molar-refractivity contribution in [2.24, 2.45) is 0 Å². The number of nitrogens with zero attached hydrogens (tertiary/aromatic N) is 3. The molecule has 2 rings (SSSR count). The van der Waals surface area contributed by atoms with Crippen LogP contribution < -0.4 is 5.32 Å². The minimum atomic E-state index is 0.00976. The quantitative estimate of drug-likeness (QED) is 0.580. The van der Waals surface area contributed by atoms with Crippen LogP contribution in [0, 0.1) is 13.8 Å². The molecule has 1 N–H and O–H groups in total. The van der Waals surface area contributed by atoms with E-state index in [0.717, 1.165) is 24.4 Å². The van der Waals surface area contributed by atoms with Gasteiger partial charge in [0.1, 0.15) is 0 Å². The summed E-state index contributed by atoms with van der Waals surface area (Å²) in [5.41, 5.74) is 3.06. The molecule has 2 aromatic rings. The molecule has 6 heteroatoms. The Bertz CT molecular complexity index is 671. The number of benzene rings is 1. The maximum absolute atomic E-state index is 12.4. The van der Waals surface area contributed by atoms with Gasteiger partial charge in [0.05, 0.1) is 5.75 Å². The van der Waals surface area contributed by atoms with Crippen LogP contribution in [0.5, 0.6) is 0 Å². The standard InChI is InChI=1S/C19H26N4OS/c1-14-10-15(2)21-19(20-14)25-13-18(24)22-17(12-23(3)4)11-16-8-6-5-7-9-16/h5-10,17H,11-13H2,1-4H3,(H,22,24)/t17-/m0/s1. The third kappa shape index (κ3) is 7.23. The summed E-state index contributed by atoms with van der Waals surface area (Å²) in [4.78, 5) is 23.2. The molecule has 1 aromatic heterocycles. The number of carbonyl (C=O) groups excluding carboxylic acids is 1. The first-order valence-electron chi connectivity index (χ1n) is 8.35. The van der Waals surface area contributed by atoms with Crippen molar-refractivity contribution in [3.05, 3.63) is 53.3 Å². The predicted octanol–water partition coefficient (Wildman–Crippen LogP) is 2.47. The lowest BCUT2D eigenvalue weighted by Crippen LogP contribution is -2.43. The van der Waals surface area contributed by atoms with Crippen LogP contribution >= 0.6 is 11.8 Å². The molecule has 0 fully saturated rings. The first kappa shape index (κ1) is 19.4. The zero-order valence-electron chi connectivity index (χ0n) is 15.3. The first-order valence-corrected chi connectivity index (χ1v) is 9.34. The second-order valence-corrected chi connectivity index (χ2v) is 7.38. The van der Waals surface area contributed by atoms with Crippen molar-refractivity contribution in [3.63, 3.8) is 0 Å². The van der Waals surface area contributed by atoms with Gasteiger partial charge in [-0.2, -0.15) is 0 Å². The van der Waals surface area contributed by atoms with Crippen LogP contribution in [0.25, 0.3) is 0 Å². The van der Waals surface area contributed by atoms with Crippen molar-refractivity contribution < 1.29 is 4.79 Å². The SMILES string of the molecule is Cc1cc(C)nc(SCC(=O)N[C@@H](Cc2ccccc2)CN(C)C)n1. The summed E-state index contributed by atoms with van der Waals surface area (Å²) in [5.74, 6) is 0.331. The van der Waals surface area contributed by atoms with E-state index in [4.69, 9.17) is 0 Å². The van der Waals surface area contributed by atoms with Gasteiger partial charge in [0, 0.05) is 24.0 Å². The number of hydrogen-bond donors (Lipinski definition) is 1. The smallest absolute Gasteiger partial charge is 0.230 e. The Hall–Kier alpha value is -1.92. The topological polar surface area (TPSA) is 58.1 Å². The lowest BCUT2D eigenvalue weighted by atomic mass is 10.1. The zero-order valence-corrected chi connectivity index (χ0v) is 16.1. The average Bonchev–Trinajstić information content (AvgIpc) is 2.52. The molecule has 1 aromatic carbocycles. The van der Waals surface area contributed by atoms with E-state index in [1.807, 2.05) is 52.2 Å². The molecule has 0 unspecified atom stereocenters. The van der Waals surface area contributed by atoms with Crippen LogP contribution in [-0.4, -0.2) is 53.2 Å². The monoisotopic (exact) mass is 358 g/mol. The molecule has 0 saturated heterocycles. The number of amides is 1. The Kier molecular flexibility index (Phi) is 7.40. The van der Waals surface area contributed by atoms with Gasteiger partial charge in [-0.25, -0.2) is 9.97 Å². The third-order valence-corrected chi connectivity index (χ3v) is 4.42. The number of thioether (sulfide) groups is 1. The molecule has 0 radical (unpaired) electrons. The normalized spacial score (nSPS) is 12.2. The highest BCUT2D eigenvalue weighted by Crippen LogP contribution is 2.14. The largest absolute Gasteiger partial charge is 0.351 e. The Morgan fingerprint density at radius 3 is 2.40 bits per heavy atom. The van der Waals surface area contributed by atoms with Crippen LogP contribution in [0.15, 0.2) is 41.6 Å². The number of aryl methyl sites for hydroxylation is 2. The van der Waals surface area contributed by atoms with E-state index in [1.54, 1.807) is 0 Å². The lowest BCUT2D eigenvalue weighted by Gasteiger charge is -2.22. The average molecular weight is 359 g/mol. The molecule has 0 aliphatic rings. The van der Waals surface area contributed by atoms with Crippen LogP contribution in [0.1, 0.15) is 17.0 Å². The highest BCUT2D eigenvalue weighted by Gasteiger charge is 2.15. The highest BCUT2D eigenvalue weighted by atomic mass is 32.2. The number of likely N-dealkylation sites (N-methyl/N-ethyl adjacent to an activating group) is 1. The van der Waals surface area contributed by atoms with E-state index < -0.39 is 0 Å². The Labute approximate surface area is 154 Å². The van der Waals surface area contributed by atoms with E-state index in [0.29, 0.717) is 10.9 Å². The van der Waals surface area contributed by atoms with Gasteiger partial charge in [-0.1, -0.05) is 42.1 Å². The maximum Gasteiger partial charge on any atom is 0.230 e. The van der Waals surface area contributed by atoms with Crippen molar-refractivity contribution in [2.45, 2.75) is 31.5 Å². The fourth-order valence-corrected chi connectivity index (χ4v) is 3.42. The molecule has 0 aliphatic heterocycles. The Morgan fingerprint density at radius 2 is 1.80 bits per heavy atom. The van der Waals surface area contributed by atoms with Gasteiger partial charge >= 0.3 is 0 Å².